The molecule has 2 aromatic carbocycles. The molecule has 0 atom stereocenters. The van der Waals surface area contributed by atoms with Crippen LogP contribution in [-0.2, 0) is 14.8 Å². The van der Waals surface area contributed by atoms with Crippen molar-refractivity contribution in [2.45, 2.75) is 26.2 Å². The number of halogens is 1. The zero-order valence-corrected chi connectivity index (χ0v) is 16.6. The van der Waals surface area contributed by atoms with Gasteiger partial charge < -0.3 is 5.32 Å². The van der Waals surface area contributed by atoms with Crippen LogP contribution in [0, 0.1) is 0 Å². The Hall–Kier alpha value is -2.05. The topological polar surface area (TPSA) is 66.5 Å². The minimum atomic E-state index is -3.51. The summed E-state index contributed by atoms with van der Waals surface area (Å²) < 4.78 is 25.9. The summed E-state index contributed by atoms with van der Waals surface area (Å²) in [5.41, 5.74) is 2.16. The van der Waals surface area contributed by atoms with Crippen molar-refractivity contribution >= 4 is 38.9 Å². The van der Waals surface area contributed by atoms with Crippen LogP contribution in [0.4, 0.5) is 11.4 Å². The molecule has 1 amide bonds. The molecule has 0 fully saturated rings. The maximum atomic E-state index is 12.3. The highest BCUT2D eigenvalue weighted by Gasteiger charge is 2.22. The third-order valence-electron chi connectivity index (χ3n) is 3.90. The van der Waals surface area contributed by atoms with Gasteiger partial charge in [-0.25, -0.2) is 8.42 Å². The molecule has 0 aromatic heterocycles. The summed E-state index contributed by atoms with van der Waals surface area (Å²) in [5.74, 6) is -0.0960. The first-order valence-electron chi connectivity index (χ1n) is 8.30. The Morgan fingerprint density at radius 3 is 2.31 bits per heavy atom. The van der Waals surface area contributed by atoms with Crippen LogP contribution in [-0.4, -0.2) is 27.1 Å². The Balaban J connectivity index is 2.15. The van der Waals surface area contributed by atoms with Gasteiger partial charge in [0, 0.05) is 23.7 Å². The van der Waals surface area contributed by atoms with Gasteiger partial charge in [0.25, 0.3) is 0 Å². The smallest absolute Gasteiger partial charge is 0.232 e. The number of nitrogens with one attached hydrogen (secondary N) is 1. The minimum absolute atomic E-state index is 0.0438. The van der Waals surface area contributed by atoms with Gasteiger partial charge in [-0.15, -0.1) is 0 Å². The fourth-order valence-corrected chi connectivity index (χ4v) is 3.70. The van der Waals surface area contributed by atoms with Gasteiger partial charge in [0.2, 0.25) is 15.9 Å². The molecular formula is C19H23ClN2O3S. The number of hydrogen-bond donors (Lipinski definition) is 1. The second-order valence-corrected chi connectivity index (χ2v) is 8.70. The van der Waals surface area contributed by atoms with Gasteiger partial charge in [0.05, 0.1) is 11.9 Å². The normalized spacial score (nSPS) is 11.4. The number of carbonyl (C=O) groups is 1. The monoisotopic (exact) mass is 394 g/mol. The van der Waals surface area contributed by atoms with E-state index in [1.54, 1.807) is 36.4 Å². The summed E-state index contributed by atoms with van der Waals surface area (Å²) in [7, 11) is -3.51. The first-order valence-corrected chi connectivity index (χ1v) is 10.5. The highest BCUT2D eigenvalue weighted by Crippen LogP contribution is 2.29. The number of rotatable bonds is 7. The molecule has 0 aliphatic rings. The number of carbonyl (C=O) groups excluding carboxylic acids is 1. The molecule has 7 heteroatoms. The molecule has 0 aliphatic heterocycles. The molecule has 0 unspecified atom stereocenters. The average Bonchev–Trinajstić information content (AvgIpc) is 2.56. The zero-order valence-electron chi connectivity index (χ0n) is 15.1. The number of para-hydroxylation sites is 1. The fourth-order valence-electron chi connectivity index (χ4n) is 2.63. The molecule has 140 valence electrons. The van der Waals surface area contributed by atoms with Crippen molar-refractivity contribution in [3.63, 3.8) is 0 Å². The van der Waals surface area contributed by atoms with Crippen LogP contribution in [0.5, 0.6) is 0 Å². The lowest BCUT2D eigenvalue weighted by atomic mass is 10.0. The third kappa shape index (κ3) is 5.47. The summed E-state index contributed by atoms with van der Waals surface area (Å²) >= 11 is 5.82. The summed E-state index contributed by atoms with van der Waals surface area (Å²) in [6.07, 6.45) is 1.20. The van der Waals surface area contributed by atoms with E-state index >= 15 is 0 Å². The van der Waals surface area contributed by atoms with Crippen molar-refractivity contribution in [2.75, 3.05) is 22.4 Å². The molecule has 0 bridgehead atoms. The first-order chi connectivity index (χ1) is 12.2. The van der Waals surface area contributed by atoms with Gasteiger partial charge in [0.15, 0.2) is 0 Å². The summed E-state index contributed by atoms with van der Waals surface area (Å²) in [4.78, 5) is 12.2. The lowest BCUT2D eigenvalue weighted by molar-refractivity contribution is -0.116. The summed E-state index contributed by atoms with van der Waals surface area (Å²) in [6, 6.07) is 14.1. The van der Waals surface area contributed by atoms with Gasteiger partial charge in [-0.3, -0.25) is 9.10 Å². The lowest BCUT2D eigenvalue weighted by Gasteiger charge is -2.26. The number of amides is 1. The van der Waals surface area contributed by atoms with Gasteiger partial charge >= 0.3 is 0 Å². The highest BCUT2D eigenvalue weighted by molar-refractivity contribution is 7.92. The molecule has 1 N–H and O–H groups in total. The van der Waals surface area contributed by atoms with E-state index in [-0.39, 0.29) is 24.8 Å². The van der Waals surface area contributed by atoms with Crippen LogP contribution in [0.1, 0.15) is 31.7 Å². The van der Waals surface area contributed by atoms with E-state index in [0.717, 1.165) is 11.8 Å². The molecular weight excluding hydrogens is 372 g/mol. The van der Waals surface area contributed by atoms with E-state index in [1.165, 1.54) is 4.31 Å². The quantitative estimate of drug-likeness (QED) is 0.763. The zero-order chi connectivity index (χ0) is 19.3. The molecule has 0 aliphatic carbocycles. The lowest BCUT2D eigenvalue weighted by Crippen LogP contribution is -2.33. The van der Waals surface area contributed by atoms with Crippen molar-refractivity contribution in [3.05, 3.63) is 59.1 Å². The van der Waals surface area contributed by atoms with Crippen molar-refractivity contribution in [1.82, 2.24) is 0 Å². The molecule has 0 saturated carbocycles. The maximum absolute atomic E-state index is 12.3. The number of nitrogens with zero attached hydrogens (tertiary/aromatic N) is 1. The van der Waals surface area contributed by atoms with Crippen molar-refractivity contribution in [2.24, 2.45) is 0 Å². The van der Waals surface area contributed by atoms with Crippen LogP contribution in [0.2, 0.25) is 5.02 Å². The van der Waals surface area contributed by atoms with Crippen LogP contribution in [0.25, 0.3) is 0 Å². The second kappa shape index (κ2) is 8.56. The number of anilines is 2. The maximum Gasteiger partial charge on any atom is 0.232 e. The molecule has 0 saturated heterocycles. The number of hydrogen-bond acceptors (Lipinski definition) is 3. The Morgan fingerprint density at radius 1 is 1.12 bits per heavy atom. The van der Waals surface area contributed by atoms with Crippen LogP contribution in [0.15, 0.2) is 48.5 Å². The Kier molecular flexibility index (Phi) is 6.67. The molecule has 0 spiro atoms. The van der Waals surface area contributed by atoms with E-state index < -0.39 is 10.0 Å². The van der Waals surface area contributed by atoms with Crippen molar-refractivity contribution in [1.29, 1.82) is 0 Å². The predicted octanol–water partition coefficient (Wildman–Crippen LogP) is 4.26. The first kappa shape index (κ1) is 20.3. The number of benzene rings is 2. The summed E-state index contributed by atoms with van der Waals surface area (Å²) in [6.45, 7) is 4.08. The third-order valence-corrected chi connectivity index (χ3v) is 5.33. The van der Waals surface area contributed by atoms with E-state index in [2.05, 4.69) is 5.32 Å². The van der Waals surface area contributed by atoms with Crippen LogP contribution in [0.3, 0.4) is 0 Å². The number of sulfonamides is 1. The van der Waals surface area contributed by atoms with Crippen molar-refractivity contribution in [3.8, 4) is 0 Å². The van der Waals surface area contributed by atoms with Crippen LogP contribution < -0.4 is 9.62 Å². The molecule has 2 rings (SSSR count). The van der Waals surface area contributed by atoms with E-state index in [9.17, 15) is 13.2 Å². The Labute approximate surface area is 160 Å². The molecule has 5 nitrogen and oxygen atoms in total. The fraction of sp³-hybridized carbons (Fsp3) is 0.316. The van der Waals surface area contributed by atoms with E-state index in [4.69, 9.17) is 11.6 Å². The SMILES string of the molecule is CC(C)c1ccccc1N(CCC(=O)Nc1ccc(Cl)cc1)S(C)(=O)=O. The van der Waals surface area contributed by atoms with Gasteiger partial charge in [-0.05, 0) is 41.8 Å². The average molecular weight is 395 g/mol. The molecule has 0 radical (unpaired) electrons. The Bertz CT molecular complexity index is 865. The molecule has 0 heterocycles. The molecule has 26 heavy (non-hydrogen) atoms. The van der Waals surface area contributed by atoms with Crippen molar-refractivity contribution < 1.29 is 13.2 Å². The predicted molar refractivity (Wildman–Crippen MR) is 107 cm³/mol. The van der Waals surface area contributed by atoms with Crippen LogP contribution >= 0.6 is 11.6 Å². The van der Waals surface area contributed by atoms with Gasteiger partial charge in [0.1, 0.15) is 0 Å². The Morgan fingerprint density at radius 2 is 1.73 bits per heavy atom. The standard InChI is InChI=1S/C19H23ClN2O3S/c1-14(2)17-6-4-5-7-18(17)22(26(3,24)25)13-12-19(23)21-16-10-8-15(20)9-11-16/h4-11,14H,12-13H2,1-3H3,(H,21,23). The highest BCUT2D eigenvalue weighted by atomic mass is 35.5. The van der Waals surface area contributed by atoms with Gasteiger partial charge in [-0.2, -0.15) is 0 Å². The largest absolute Gasteiger partial charge is 0.326 e. The van der Waals surface area contributed by atoms with E-state index in [1.807, 2.05) is 26.0 Å². The minimum Gasteiger partial charge on any atom is -0.326 e. The van der Waals surface area contributed by atoms with Gasteiger partial charge in [-0.1, -0.05) is 43.6 Å². The molecule has 2 aromatic rings. The second-order valence-electron chi connectivity index (χ2n) is 6.35. The van der Waals surface area contributed by atoms with E-state index in [0.29, 0.717) is 16.4 Å². The summed E-state index contributed by atoms with van der Waals surface area (Å²) in [5, 5.41) is 3.33.